The van der Waals surface area contributed by atoms with Crippen molar-refractivity contribution in [2.75, 3.05) is 6.61 Å². The zero-order valence-corrected chi connectivity index (χ0v) is 13.5. The van der Waals surface area contributed by atoms with Crippen molar-refractivity contribution >= 4 is 11.9 Å². The van der Waals surface area contributed by atoms with Crippen LogP contribution in [0.5, 0.6) is 0 Å². The molecule has 1 saturated carbocycles. The second kappa shape index (κ2) is 5.72. The van der Waals surface area contributed by atoms with Crippen molar-refractivity contribution < 1.29 is 19.4 Å². The lowest BCUT2D eigenvalue weighted by atomic mass is 9.54. The molecule has 2 N–H and O–H groups in total. The molecule has 0 aliphatic heterocycles. The molecule has 2 unspecified atom stereocenters. The first-order chi connectivity index (χ1) is 10.2. The number of carbonyl (C=O) groups excluding carboxylic acids is 1. The second-order valence-corrected chi connectivity index (χ2v) is 6.40. The van der Waals surface area contributed by atoms with Crippen LogP contribution in [0.25, 0.3) is 0 Å². The summed E-state index contributed by atoms with van der Waals surface area (Å²) in [5, 5.41) is 12.4. The molecular weight excluding hydrogens is 282 g/mol. The first kappa shape index (κ1) is 16.5. The zero-order chi connectivity index (χ0) is 16.5. The third-order valence-corrected chi connectivity index (χ3v) is 4.77. The van der Waals surface area contributed by atoms with Gasteiger partial charge in [-0.25, -0.2) is 4.79 Å². The molecule has 120 valence electrons. The molecule has 0 heterocycles. The highest BCUT2D eigenvalue weighted by Gasteiger charge is 2.66. The fourth-order valence-corrected chi connectivity index (χ4v) is 3.01. The Morgan fingerprint density at radius 1 is 1.32 bits per heavy atom. The van der Waals surface area contributed by atoms with Gasteiger partial charge in [0, 0.05) is 24.0 Å². The van der Waals surface area contributed by atoms with Gasteiger partial charge < -0.3 is 15.2 Å². The monoisotopic (exact) mass is 305 g/mol. The molecule has 5 heteroatoms. The summed E-state index contributed by atoms with van der Waals surface area (Å²) in [5.74, 6) is -1.39. The average molecular weight is 305 g/mol. The molecule has 0 spiro atoms. The fourth-order valence-electron chi connectivity index (χ4n) is 3.01. The Labute approximate surface area is 130 Å². The smallest absolute Gasteiger partial charge is 0.330 e. The molecule has 2 atom stereocenters. The van der Waals surface area contributed by atoms with E-state index in [9.17, 15) is 14.7 Å². The van der Waals surface area contributed by atoms with Crippen molar-refractivity contribution in [1.82, 2.24) is 5.32 Å². The summed E-state index contributed by atoms with van der Waals surface area (Å²) in [6.07, 6.45) is 0.104. The molecule has 0 saturated heterocycles. The molecule has 0 aromatic heterocycles. The minimum absolute atomic E-state index is 0.174. The van der Waals surface area contributed by atoms with Crippen molar-refractivity contribution in [3.63, 3.8) is 0 Å². The van der Waals surface area contributed by atoms with Crippen molar-refractivity contribution in [1.29, 1.82) is 0 Å². The molecule has 0 radical (unpaired) electrons. The standard InChI is InChI=1S/C17H23NO4/c1-5-22-13-10-17(15(20)21,16(13,3)4)18-14(19)12-8-6-11(2)7-9-12/h6-9,13H,5,10H2,1-4H3,(H,18,19)(H,20,21). The maximum absolute atomic E-state index is 12.4. The van der Waals surface area contributed by atoms with Crippen LogP contribution >= 0.6 is 0 Å². The molecule has 22 heavy (non-hydrogen) atoms. The van der Waals surface area contributed by atoms with Crippen LogP contribution in [0.2, 0.25) is 0 Å². The van der Waals surface area contributed by atoms with E-state index in [0.717, 1.165) is 5.56 Å². The molecule has 1 aromatic rings. The number of aryl methyl sites for hydroxylation is 1. The number of rotatable bonds is 5. The number of carboxylic acids is 1. The highest BCUT2D eigenvalue weighted by Crippen LogP contribution is 2.51. The van der Waals surface area contributed by atoms with Crippen LogP contribution in [0.4, 0.5) is 0 Å². The van der Waals surface area contributed by atoms with Crippen LogP contribution in [-0.4, -0.2) is 35.2 Å². The number of aliphatic carboxylic acids is 1. The summed E-state index contributed by atoms with van der Waals surface area (Å²) in [6, 6.07) is 7.06. The topological polar surface area (TPSA) is 75.6 Å². The largest absolute Gasteiger partial charge is 0.479 e. The van der Waals surface area contributed by atoms with Gasteiger partial charge in [0.1, 0.15) is 5.54 Å². The van der Waals surface area contributed by atoms with Gasteiger partial charge in [0.05, 0.1) is 6.10 Å². The number of hydrogen-bond donors (Lipinski definition) is 2. The molecule has 1 aromatic carbocycles. The van der Waals surface area contributed by atoms with Crippen molar-refractivity contribution in [3.05, 3.63) is 35.4 Å². The number of carbonyl (C=O) groups is 2. The lowest BCUT2D eigenvalue weighted by Crippen LogP contribution is -2.76. The van der Waals surface area contributed by atoms with Crippen LogP contribution in [0.1, 0.15) is 43.1 Å². The fraction of sp³-hybridized carbons (Fsp3) is 0.529. The van der Waals surface area contributed by atoms with E-state index in [1.165, 1.54) is 0 Å². The number of nitrogens with one attached hydrogen (secondary N) is 1. The summed E-state index contributed by atoms with van der Waals surface area (Å²) in [7, 11) is 0. The SMILES string of the molecule is CCOC1CC(NC(=O)c2ccc(C)cc2)(C(=O)O)C1(C)C. The summed E-state index contributed by atoms with van der Waals surface area (Å²) >= 11 is 0. The predicted molar refractivity (Wildman–Crippen MR) is 82.8 cm³/mol. The Hall–Kier alpha value is -1.88. The molecule has 2 rings (SSSR count). The van der Waals surface area contributed by atoms with Crippen LogP contribution in [0.3, 0.4) is 0 Å². The van der Waals surface area contributed by atoms with Crippen LogP contribution < -0.4 is 5.32 Å². The lowest BCUT2D eigenvalue weighted by molar-refractivity contribution is -0.190. The van der Waals surface area contributed by atoms with Gasteiger partial charge in [0.25, 0.3) is 5.91 Å². The Balaban J connectivity index is 2.22. The van der Waals surface area contributed by atoms with Crippen LogP contribution in [0, 0.1) is 12.3 Å². The summed E-state index contributed by atoms with van der Waals surface area (Å²) in [6.45, 7) is 7.97. The maximum atomic E-state index is 12.4. The maximum Gasteiger partial charge on any atom is 0.330 e. The molecule has 1 amide bonds. The van der Waals surface area contributed by atoms with Crippen molar-refractivity contribution in [2.24, 2.45) is 5.41 Å². The van der Waals surface area contributed by atoms with E-state index in [2.05, 4.69) is 5.32 Å². The highest BCUT2D eigenvalue weighted by atomic mass is 16.5. The Morgan fingerprint density at radius 3 is 2.36 bits per heavy atom. The summed E-state index contributed by atoms with van der Waals surface area (Å²) in [5.41, 5.74) is -0.462. The summed E-state index contributed by atoms with van der Waals surface area (Å²) < 4.78 is 5.59. The Morgan fingerprint density at radius 2 is 1.91 bits per heavy atom. The first-order valence-corrected chi connectivity index (χ1v) is 7.49. The lowest BCUT2D eigenvalue weighted by Gasteiger charge is -2.58. The van der Waals surface area contributed by atoms with Crippen LogP contribution in [-0.2, 0) is 9.53 Å². The zero-order valence-electron chi connectivity index (χ0n) is 13.5. The Bertz CT molecular complexity index is 579. The molecule has 1 aliphatic rings. The molecule has 5 nitrogen and oxygen atoms in total. The second-order valence-electron chi connectivity index (χ2n) is 6.40. The molecule has 1 aliphatic carbocycles. The van der Waals surface area contributed by atoms with E-state index in [1.54, 1.807) is 12.1 Å². The minimum Gasteiger partial charge on any atom is -0.479 e. The quantitative estimate of drug-likeness (QED) is 0.876. The molecular formula is C17H23NO4. The highest BCUT2D eigenvalue weighted by molar-refractivity contribution is 5.98. The van der Waals surface area contributed by atoms with E-state index in [0.29, 0.717) is 12.2 Å². The normalized spacial score (nSPS) is 26.1. The minimum atomic E-state index is -1.30. The molecule has 0 bridgehead atoms. The van der Waals surface area contributed by atoms with Gasteiger partial charge in [0.15, 0.2) is 0 Å². The van der Waals surface area contributed by atoms with Crippen LogP contribution in [0.15, 0.2) is 24.3 Å². The molecule has 1 fully saturated rings. The van der Waals surface area contributed by atoms with Crippen molar-refractivity contribution in [2.45, 2.75) is 45.8 Å². The average Bonchev–Trinajstić information content (AvgIpc) is 2.46. The van der Waals surface area contributed by atoms with Gasteiger partial charge in [-0.05, 0) is 26.0 Å². The third-order valence-electron chi connectivity index (χ3n) is 4.77. The van der Waals surface area contributed by atoms with E-state index >= 15 is 0 Å². The first-order valence-electron chi connectivity index (χ1n) is 7.49. The number of benzene rings is 1. The van der Waals surface area contributed by atoms with Gasteiger partial charge in [0.2, 0.25) is 0 Å². The van der Waals surface area contributed by atoms with Crippen molar-refractivity contribution in [3.8, 4) is 0 Å². The van der Waals surface area contributed by atoms with Gasteiger partial charge in [-0.2, -0.15) is 0 Å². The number of carboxylic acid groups (broad SMARTS) is 1. The van der Waals surface area contributed by atoms with E-state index in [-0.39, 0.29) is 18.4 Å². The number of amides is 1. The predicted octanol–water partition coefficient (Wildman–Crippen LogP) is 2.38. The van der Waals surface area contributed by atoms with Gasteiger partial charge in [-0.3, -0.25) is 4.79 Å². The third kappa shape index (κ3) is 2.50. The summed E-state index contributed by atoms with van der Waals surface area (Å²) in [4.78, 5) is 24.2. The number of ether oxygens (including phenoxy) is 1. The van der Waals surface area contributed by atoms with Gasteiger partial charge in [-0.15, -0.1) is 0 Å². The number of hydrogen-bond acceptors (Lipinski definition) is 3. The van der Waals surface area contributed by atoms with E-state index in [1.807, 2.05) is 39.8 Å². The van der Waals surface area contributed by atoms with E-state index < -0.39 is 16.9 Å². The van der Waals surface area contributed by atoms with Gasteiger partial charge >= 0.3 is 5.97 Å². The van der Waals surface area contributed by atoms with Gasteiger partial charge in [-0.1, -0.05) is 31.5 Å². The Kier molecular flexibility index (Phi) is 4.29. The van der Waals surface area contributed by atoms with E-state index in [4.69, 9.17) is 4.74 Å².